The van der Waals surface area contributed by atoms with E-state index in [2.05, 4.69) is 22.2 Å². The molecule has 2 N–H and O–H groups in total. The summed E-state index contributed by atoms with van der Waals surface area (Å²) in [6.07, 6.45) is 3.75. The van der Waals surface area contributed by atoms with Crippen LogP contribution in [0.4, 0.5) is 5.82 Å². The van der Waals surface area contributed by atoms with Crippen molar-refractivity contribution < 1.29 is 9.84 Å². The van der Waals surface area contributed by atoms with E-state index in [-0.39, 0.29) is 6.10 Å². The van der Waals surface area contributed by atoms with Crippen LogP contribution in [-0.4, -0.2) is 34.3 Å². The minimum absolute atomic E-state index is 0.271. The van der Waals surface area contributed by atoms with Gasteiger partial charge in [-0.25, -0.2) is 0 Å². The van der Waals surface area contributed by atoms with Gasteiger partial charge in [0, 0.05) is 6.54 Å². The second-order valence-corrected chi connectivity index (χ2v) is 4.25. The van der Waals surface area contributed by atoms with Crippen molar-refractivity contribution in [2.45, 2.75) is 33.3 Å². The molecule has 2 unspecified atom stereocenters. The Bertz CT molecular complexity index is 331. The monoisotopic (exact) mass is 239 g/mol. The fraction of sp³-hybridized carbons (Fsp3) is 0.667. The lowest BCUT2D eigenvalue weighted by Gasteiger charge is -2.14. The number of aliphatic hydroxyl groups excluding tert-OH is 1. The highest BCUT2D eigenvalue weighted by molar-refractivity contribution is 5.33. The molecule has 2 atom stereocenters. The molecule has 0 saturated carbocycles. The average molecular weight is 239 g/mol. The third-order valence-electron chi connectivity index (χ3n) is 2.28. The predicted molar refractivity (Wildman–Crippen MR) is 67.2 cm³/mol. The highest BCUT2D eigenvalue weighted by Gasteiger charge is 2.06. The van der Waals surface area contributed by atoms with Crippen molar-refractivity contribution in [1.29, 1.82) is 0 Å². The molecule has 1 aromatic heterocycles. The Balaban J connectivity index is 2.43. The van der Waals surface area contributed by atoms with Crippen molar-refractivity contribution >= 4 is 5.82 Å². The molecule has 1 aromatic rings. The first-order chi connectivity index (χ1) is 8.11. The number of aliphatic hydroxyl groups is 1. The second-order valence-electron chi connectivity index (χ2n) is 4.25. The fourth-order valence-electron chi connectivity index (χ4n) is 1.60. The SMILES string of the molecule is CCOc1cncc(NCC(C)CC(C)O)n1. The lowest BCUT2D eigenvalue weighted by Crippen LogP contribution is -2.17. The largest absolute Gasteiger partial charge is 0.477 e. The quantitative estimate of drug-likeness (QED) is 0.758. The van der Waals surface area contributed by atoms with Crippen molar-refractivity contribution in [3.05, 3.63) is 12.4 Å². The predicted octanol–water partition coefficient (Wildman–Crippen LogP) is 1.69. The molecule has 96 valence electrons. The van der Waals surface area contributed by atoms with Gasteiger partial charge in [-0.05, 0) is 26.2 Å². The van der Waals surface area contributed by atoms with Gasteiger partial charge in [0.1, 0.15) is 5.82 Å². The van der Waals surface area contributed by atoms with Crippen molar-refractivity contribution in [2.24, 2.45) is 5.92 Å². The van der Waals surface area contributed by atoms with Crippen LogP contribution in [-0.2, 0) is 0 Å². The molecule has 0 fully saturated rings. The maximum Gasteiger partial charge on any atom is 0.234 e. The van der Waals surface area contributed by atoms with E-state index in [0.29, 0.717) is 24.2 Å². The van der Waals surface area contributed by atoms with E-state index in [0.717, 1.165) is 13.0 Å². The Morgan fingerprint density at radius 3 is 2.82 bits per heavy atom. The van der Waals surface area contributed by atoms with E-state index in [1.807, 2.05) is 6.92 Å². The lowest BCUT2D eigenvalue weighted by atomic mass is 10.1. The number of rotatable bonds is 7. The molecule has 0 amide bonds. The number of aromatic nitrogens is 2. The molecular weight excluding hydrogens is 218 g/mol. The Kier molecular flexibility index (Phi) is 5.69. The topological polar surface area (TPSA) is 67.3 Å². The van der Waals surface area contributed by atoms with Crippen LogP contribution >= 0.6 is 0 Å². The summed E-state index contributed by atoms with van der Waals surface area (Å²) in [5, 5.41) is 12.4. The van der Waals surface area contributed by atoms with Gasteiger partial charge in [0.25, 0.3) is 0 Å². The van der Waals surface area contributed by atoms with Gasteiger partial charge in [-0.1, -0.05) is 6.92 Å². The average Bonchev–Trinajstić information content (AvgIpc) is 2.26. The van der Waals surface area contributed by atoms with Crippen LogP contribution in [0.2, 0.25) is 0 Å². The molecule has 0 bridgehead atoms. The highest BCUT2D eigenvalue weighted by atomic mass is 16.5. The van der Waals surface area contributed by atoms with Crippen LogP contribution in [0.1, 0.15) is 27.2 Å². The smallest absolute Gasteiger partial charge is 0.234 e. The first-order valence-electron chi connectivity index (χ1n) is 5.98. The minimum Gasteiger partial charge on any atom is -0.477 e. The number of nitrogens with one attached hydrogen (secondary N) is 1. The molecule has 5 heteroatoms. The molecule has 0 saturated heterocycles. The van der Waals surface area contributed by atoms with Gasteiger partial charge in [-0.3, -0.25) is 4.98 Å². The zero-order valence-electron chi connectivity index (χ0n) is 10.7. The highest BCUT2D eigenvalue weighted by Crippen LogP contribution is 2.11. The Morgan fingerprint density at radius 2 is 2.18 bits per heavy atom. The van der Waals surface area contributed by atoms with Gasteiger partial charge in [-0.2, -0.15) is 4.98 Å². The molecule has 1 rings (SSSR count). The summed E-state index contributed by atoms with van der Waals surface area (Å²) in [5.41, 5.74) is 0. The molecule has 0 aromatic carbocycles. The summed E-state index contributed by atoms with van der Waals surface area (Å²) in [5.74, 6) is 1.61. The van der Waals surface area contributed by atoms with Gasteiger partial charge in [0.2, 0.25) is 5.88 Å². The molecule has 0 spiro atoms. The first-order valence-corrected chi connectivity index (χ1v) is 5.98. The Hall–Kier alpha value is -1.36. The van der Waals surface area contributed by atoms with E-state index >= 15 is 0 Å². The van der Waals surface area contributed by atoms with Crippen LogP contribution < -0.4 is 10.1 Å². The van der Waals surface area contributed by atoms with Crippen LogP contribution in [0.25, 0.3) is 0 Å². The van der Waals surface area contributed by atoms with Crippen molar-refractivity contribution in [1.82, 2.24) is 9.97 Å². The second kappa shape index (κ2) is 7.06. The maximum absolute atomic E-state index is 9.26. The van der Waals surface area contributed by atoms with E-state index in [9.17, 15) is 5.11 Å². The summed E-state index contributed by atoms with van der Waals surface area (Å²) < 4.78 is 5.26. The summed E-state index contributed by atoms with van der Waals surface area (Å²) >= 11 is 0. The zero-order chi connectivity index (χ0) is 12.7. The number of nitrogens with zero attached hydrogens (tertiary/aromatic N) is 2. The van der Waals surface area contributed by atoms with Crippen LogP contribution in [0.5, 0.6) is 5.88 Å². The summed E-state index contributed by atoms with van der Waals surface area (Å²) in [6.45, 7) is 7.13. The molecule has 0 aliphatic rings. The molecule has 0 aliphatic heterocycles. The van der Waals surface area contributed by atoms with E-state index in [1.54, 1.807) is 19.3 Å². The maximum atomic E-state index is 9.26. The van der Waals surface area contributed by atoms with Gasteiger partial charge in [-0.15, -0.1) is 0 Å². The molecule has 0 aliphatic carbocycles. The normalized spacial score (nSPS) is 14.1. The summed E-state index contributed by atoms with van der Waals surface area (Å²) in [6, 6.07) is 0. The molecule has 17 heavy (non-hydrogen) atoms. The van der Waals surface area contributed by atoms with E-state index < -0.39 is 0 Å². The van der Waals surface area contributed by atoms with Crippen LogP contribution in [0, 0.1) is 5.92 Å². The summed E-state index contributed by atoms with van der Waals surface area (Å²) in [4.78, 5) is 8.30. The molecule has 5 nitrogen and oxygen atoms in total. The third-order valence-corrected chi connectivity index (χ3v) is 2.28. The standard InChI is InChI=1S/C12H21N3O2/c1-4-17-12-8-13-7-11(15-12)14-6-9(2)5-10(3)16/h7-10,16H,4-6H2,1-3H3,(H,14,15). The number of ether oxygens (including phenoxy) is 1. The fourth-order valence-corrected chi connectivity index (χ4v) is 1.60. The molecule has 1 heterocycles. The van der Waals surface area contributed by atoms with Gasteiger partial charge in [0.05, 0.1) is 25.1 Å². The number of anilines is 1. The van der Waals surface area contributed by atoms with E-state index in [1.165, 1.54) is 0 Å². The lowest BCUT2D eigenvalue weighted by molar-refractivity contribution is 0.166. The van der Waals surface area contributed by atoms with Crippen LogP contribution in [0.15, 0.2) is 12.4 Å². The summed E-state index contributed by atoms with van der Waals surface area (Å²) in [7, 11) is 0. The minimum atomic E-state index is -0.271. The van der Waals surface area contributed by atoms with Gasteiger partial charge in [0.15, 0.2) is 0 Å². The number of hydrogen-bond acceptors (Lipinski definition) is 5. The Morgan fingerprint density at radius 1 is 1.41 bits per heavy atom. The first kappa shape index (κ1) is 13.7. The van der Waals surface area contributed by atoms with Crippen molar-refractivity contribution in [3.63, 3.8) is 0 Å². The Labute approximate surface area is 102 Å². The van der Waals surface area contributed by atoms with Crippen molar-refractivity contribution in [2.75, 3.05) is 18.5 Å². The van der Waals surface area contributed by atoms with E-state index in [4.69, 9.17) is 4.74 Å². The van der Waals surface area contributed by atoms with Gasteiger partial charge < -0.3 is 15.2 Å². The molecular formula is C12H21N3O2. The number of hydrogen-bond donors (Lipinski definition) is 2. The third kappa shape index (κ3) is 5.49. The van der Waals surface area contributed by atoms with Gasteiger partial charge >= 0.3 is 0 Å². The molecule has 0 radical (unpaired) electrons. The van der Waals surface area contributed by atoms with Crippen molar-refractivity contribution in [3.8, 4) is 5.88 Å². The zero-order valence-corrected chi connectivity index (χ0v) is 10.7. The van der Waals surface area contributed by atoms with Crippen LogP contribution in [0.3, 0.4) is 0 Å².